The van der Waals surface area contributed by atoms with Crippen LogP contribution in [0.5, 0.6) is 0 Å². The van der Waals surface area contributed by atoms with Crippen molar-refractivity contribution < 1.29 is 18.3 Å². The Morgan fingerprint density at radius 1 is 1.08 bits per heavy atom. The second kappa shape index (κ2) is 8.01. The minimum Gasteiger partial charge on any atom is -0.461 e. The van der Waals surface area contributed by atoms with E-state index in [1.54, 1.807) is 25.1 Å². The molecule has 2 aromatic carbocycles. The number of carbonyl (C=O) groups is 1. The Hall–Kier alpha value is -2.87. The fourth-order valence-corrected chi connectivity index (χ4v) is 2.92. The van der Waals surface area contributed by atoms with Crippen molar-refractivity contribution in [2.24, 2.45) is 0 Å². The third-order valence-electron chi connectivity index (χ3n) is 3.23. The Morgan fingerprint density at radius 3 is 2.54 bits per heavy atom. The molecule has 0 aliphatic heterocycles. The molecule has 0 unspecified atom stereocenters. The smallest absolute Gasteiger partial charge is 0.361 e. The van der Waals surface area contributed by atoms with E-state index in [9.17, 15) is 13.6 Å². The van der Waals surface area contributed by atoms with Gasteiger partial charge in [-0.15, -0.1) is 10.2 Å². The van der Waals surface area contributed by atoms with Gasteiger partial charge in [-0.05, 0) is 43.3 Å². The van der Waals surface area contributed by atoms with Crippen LogP contribution in [0.1, 0.15) is 17.4 Å². The predicted molar refractivity (Wildman–Crippen MR) is 91.7 cm³/mol. The van der Waals surface area contributed by atoms with E-state index >= 15 is 0 Å². The Labute approximate surface area is 152 Å². The van der Waals surface area contributed by atoms with Gasteiger partial charge >= 0.3 is 5.97 Å². The lowest BCUT2D eigenvalue weighted by atomic mass is 10.2. The third-order valence-corrected chi connectivity index (χ3v) is 4.22. The zero-order valence-electron chi connectivity index (χ0n) is 13.6. The SMILES string of the molecule is CCOC(=O)c1nnc(-c2cccc(F)c2)nc1Sc1ccc(F)cc1. The number of ether oxygens (including phenoxy) is 1. The van der Waals surface area contributed by atoms with Gasteiger partial charge in [0, 0.05) is 10.5 Å². The van der Waals surface area contributed by atoms with Gasteiger partial charge in [0.2, 0.25) is 5.69 Å². The molecule has 0 fully saturated rings. The van der Waals surface area contributed by atoms with Gasteiger partial charge in [0.25, 0.3) is 0 Å². The molecule has 0 amide bonds. The van der Waals surface area contributed by atoms with E-state index in [0.29, 0.717) is 10.5 Å². The summed E-state index contributed by atoms with van der Waals surface area (Å²) in [5.74, 6) is -1.31. The number of esters is 1. The average molecular weight is 373 g/mol. The molecule has 1 heterocycles. The quantitative estimate of drug-likeness (QED) is 0.626. The molecule has 0 saturated heterocycles. The molecule has 0 aliphatic carbocycles. The molecular weight excluding hydrogens is 360 g/mol. The third kappa shape index (κ3) is 4.20. The molecule has 132 valence electrons. The number of benzene rings is 2. The van der Waals surface area contributed by atoms with Crippen LogP contribution in [0.15, 0.2) is 58.5 Å². The largest absolute Gasteiger partial charge is 0.461 e. The molecule has 0 bridgehead atoms. The first-order valence-corrected chi connectivity index (χ1v) is 8.49. The van der Waals surface area contributed by atoms with Gasteiger partial charge in [-0.1, -0.05) is 23.9 Å². The summed E-state index contributed by atoms with van der Waals surface area (Å²) in [6.07, 6.45) is 0. The standard InChI is InChI=1S/C18H13F2N3O2S/c1-2-25-18(24)15-17(26-14-8-6-12(19)7-9-14)21-16(23-22-15)11-4-3-5-13(20)10-11/h3-10H,2H2,1H3. The number of halogens is 2. The second-order valence-electron chi connectivity index (χ2n) is 5.08. The number of aromatic nitrogens is 3. The van der Waals surface area contributed by atoms with Gasteiger partial charge in [-0.3, -0.25) is 0 Å². The van der Waals surface area contributed by atoms with Crippen LogP contribution in [-0.2, 0) is 4.74 Å². The van der Waals surface area contributed by atoms with Crippen LogP contribution < -0.4 is 0 Å². The van der Waals surface area contributed by atoms with Crippen molar-refractivity contribution in [1.82, 2.24) is 15.2 Å². The van der Waals surface area contributed by atoms with E-state index in [1.807, 2.05) is 0 Å². The minimum atomic E-state index is -0.664. The zero-order valence-corrected chi connectivity index (χ0v) is 14.5. The van der Waals surface area contributed by atoms with Crippen LogP contribution in [0.2, 0.25) is 0 Å². The zero-order chi connectivity index (χ0) is 18.5. The van der Waals surface area contributed by atoms with Crippen LogP contribution >= 0.6 is 11.8 Å². The topological polar surface area (TPSA) is 65.0 Å². The van der Waals surface area contributed by atoms with E-state index in [0.717, 1.165) is 11.8 Å². The molecule has 5 nitrogen and oxygen atoms in total. The number of hydrogen-bond acceptors (Lipinski definition) is 6. The molecule has 0 aliphatic rings. The summed E-state index contributed by atoms with van der Waals surface area (Å²) in [6, 6.07) is 11.4. The monoisotopic (exact) mass is 373 g/mol. The van der Waals surface area contributed by atoms with Crippen molar-refractivity contribution >= 4 is 17.7 Å². The lowest BCUT2D eigenvalue weighted by Crippen LogP contribution is -2.12. The number of hydrogen-bond donors (Lipinski definition) is 0. The maximum absolute atomic E-state index is 13.5. The molecule has 0 saturated carbocycles. The van der Waals surface area contributed by atoms with E-state index < -0.39 is 11.8 Å². The summed E-state index contributed by atoms with van der Waals surface area (Å²) >= 11 is 1.12. The van der Waals surface area contributed by atoms with Crippen LogP contribution in [-0.4, -0.2) is 27.8 Å². The van der Waals surface area contributed by atoms with Crippen molar-refractivity contribution in [3.63, 3.8) is 0 Å². The van der Waals surface area contributed by atoms with E-state index in [2.05, 4.69) is 15.2 Å². The minimum absolute atomic E-state index is 0.0543. The summed E-state index contributed by atoms with van der Waals surface area (Å²) in [4.78, 5) is 17.1. The number of nitrogens with zero attached hydrogens (tertiary/aromatic N) is 3. The lowest BCUT2D eigenvalue weighted by molar-refractivity contribution is 0.0512. The van der Waals surface area contributed by atoms with Crippen molar-refractivity contribution in [3.8, 4) is 11.4 Å². The van der Waals surface area contributed by atoms with Crippen LogP contribution in [0.4, 0.5) is 8.78 Å². The maximum atomic E-state index is 13.5. The normalized spacial score (nSPS) is 10.6. The van der Waals surface area contributed by atoms with Gasteiger partial charge in [0.15, 0.2) is 5.82 Å². The van der Waals surface area contributed by atoms with Crippen molar-refractivity contribution in [3.05, 3.63) is 65.9 Å². The van der Waals surface area contributed by atoms with Gasteiger partial charge in [0.1, 0.15) is 16.7 Å². The highest BCUT2D eigenvalue weighted by molar-refractivity contribution is 7.99. The van der Waals surface area contributed by atoms with Crippen LogP contribution in [0, 0.1) is 11.6 Å². The summed E-state index contributed by atoms with van der Waals surface area (Å²) in [5, 5.41) is 8.06. The Morgan fingerprint density at radius 2 is 1.85 bits per heavy atom. The van der Waals surface area contributed by atoms with Crippen LogP contribution in [0.3, 0.4) is 0 Å². The summed E-state index contributed by atoms with van der Waals surface area (Å²) in [7, 11) is 0. The number of rotatable bonds is 5. The molecule has 3 aromatic rings. The van der Waals surface area contributed by atoms with E-state index in [4.69, 9.17) is 4.74 Å². The lowest BCUT2D eigenvalue weighted by Gasteiger charge is -2.08. The first kappa shape index (κ1) is 17.9. The Bertz CT molecular complexity index is 936. The van der Waals surface area contributed by atoms with Gasteiger partial charge in [-0.25, -0.2) is 18.6 Å². The summed E-state index contributed by atoms with van der Waals surface area (Å²) in [5.41, 5.74) is 0.371. The summed E-state index contributed by atoms with van der Waals surface area (Å²) < 4.78 is 31.5. The maximum Gasteiger partial charge on any atom is 0.361 e. The van der Waals surface area contributed by atoms with Crippen molar-refractivity contribution in [2.45, 2.75) is 16.8 Å². The Kier molecular flexibility index (Phi) is 5.52. The van der Waals surface area contributed by atoms with Gasteiger partial charge < -0.3 is 4.74 Å². The molecule has 1 aromatic heterocycles. The highest BCUT2D eigenvalue weighted by atomic mass is 32.2. The molecule has 0 spiro atoms. The van der Waals surface area contributed by atoms with E-state index in [-0.39, 0.29) is 29.0 Å². The van der Waals surface area contributed by atoms with E-state index in [1.165, 1.54) is 30.3 Å². The molecule has 26 heavy (non-hydrogen) atoms. The molecule has 8 heteroatoms. The molecule has 0 atom stereocenters. The van der Waals surface area contributed by atoms with Gasteiger partial charge in [-0.2, -0.15) is 0 Å². The first-order chi connectivity index (χ1) is 12.6. The molecule has 3 rings (SSSR count). The predicted octanol–water partition coefficient (Wildman–Crippen LogP) is 4.14. The molecule has 0 N–H and O–H groups in total. The molecular formula is C18H13F2N3O2S. The van der Waals surface area contributed by atoms with Gasteiger partial charge in [0.05, 0.1) is 6.61 Å². The fraction of sp³-hybridized carbons (Fsp3) is 0.111. The highest BCUT2D eigenvalue weighted by Crippen LogP contribution is 2.30. The summed E-state index contributed by atoms with van der Waals surface area (Å²) in [6.45, 7) is 1.85. The molecule has 0 radical (unpaired) electrons. The highest BCUT2D eigenvalue weighted by Gasteiger charge is 2.20. The van der Waals surface area contributed by atoms with Crippen molar-refractivity contribution in [1.29, 1.82) is 0 Å². The second-order valence-corrected chi connectivity index (χ2v) is 6.14. The fourth-order valence-electron chi connectivity index (χ4n) is 2.07. The average Bonchev–Trinajstić information content (AvgIpc) is 2.64. The first-order valence-electron chi connectivity index (χ1n) is 7.68. The van der Waals surface area contributed by atoms with Crippen LogP contribution in [0.25, 0.3) is 11.4 Å². The van der Waals surface area contributed by atoms with Crippen molar-refractivity contribution in [2.75, 3.05) is 6.61 Å². The Balaban J connectivity index is 2.02. The number of carbonyl (C=O) groups excluding carboxylic acids is 1.